The average Bonchev–Trinajstić information content (AvgIpc) is 2.78. The smallest absolute Gasteiger partial charge is 0.0551 e. The summed E-state index contributed by atoms with van der Waals surface area (Å²) in [4.78, 5) is 2.59. The van der Waals surface area contributed by atoms with E-state index >= 15 is 0 Å². The second-order valence-corrected chi connectivity index (χ2v) is 7.22. The van der Waals surface area contributed by atoms with E-state index in [2.05, 4.69) is 38.3 Å². The van der Waals surface area contributed by atoms with Crippen molar-refractivity contribution in [3.63, 3.8) is 0 Å². The van der Waals surface area contributed by atoms with Crippen molar-refractivity contribution in [1.82, 2.24) is 10.2 Å². The molecule has 2 heterocycles. The lowest BCUT2D eigenvalue weighted by atomic mass is 9.78. The van der Waals surface area contributed by atoms with Crippen molar-refractivity contribution in [2.24, 2.45) is 5.41 Å². The summed E-state index contributed by atoms with van der Waals surface area (Å²) in [5.74, 6) is 0. The minimum atomic E-state index is 0.588. The van der Waals surface area contributed by atoms with Gasteiger partial charge in [0.05, 0.1) is 5.02 Å². The Kier molecular flexibility index (Phi) is 4.18. The molecule has 0 aliphatic carbocycles. The topological polar surface area (TPSA) is 15.3 Å². The largest absolute Gasteiger partial charge is 0.317 e. The van der Waals surface area contributed by atoms with Crippen molar-refractivity contribution in [2.45, 2.75) is 25.8 Å². The number of likely N-dealkylation sites (tertiary alicyclic amines) is 1. The van der Waals surface area contributed by atoms with E-state index in [-0.39, 0.29) is 0 Å². The van der Waals surface area contributed by atoms with Gasteiger partial charge in [0.2, 0.25) is 0 Å². The zero-order valence-corrected chi connectivity index (χ0v) is 13.4. The lowest BCUT2D eigenvalue weighted by Crippen LogP contribution is -2.38. The summed E-state index contributed by atoms with van der Waals surface area (Å²) < 4.78 is 0.981. The Balaban J connectivity index is 1.63. The molecule has 1 aromatic rings. The fourth-order valence-electron chi connectivity index (χ4n) is 3.42. The molecule has 2 nitrogen and oxygen atoms in total. The number of hydrogen-bond acceptors (Lipinski definition) is 2. The zero-order chi connectivity index (χ0) is 13.3. The van der Waals surface area contributed by atoms with Gasteiger partial charge in [0.25, 0.3) is 0 Å². The molecule has 4 heteroatoms. The number of hydrogen-bond donors (Lipinski definition) is 1. The maximum absolute atomic E-state index is 6.17. The fourth-order valence-corrected chi connectivity index (χ4v) is 3.87. The average molecular weight is 344 g/mol. The van der Waals surface area contributed by atoms with Crippen LogP contribution in [-0.2, 0) is 6.54 Å². The van der Waals surface area contributed by atoms with E-state index in [1.165, 1.54) is 51.0 Å². The minimum Gasteiger partial charge on any atom is -0.317 e. The molecule has 2 fully saturated rings. The Bertz CT molecular complexity index is 457. The summed E-state index contributed by atoms with van der Waals surface area (Å²) in [6.07, 6.45) is 4.04. The summed E-state index contributed by atoms with van der Waals surface area (Å²) in [6, 6.07) is 6.30. The Labute approximate surface area is 128 Å². The normalized spacial score (nSPS) is 23.1. The predicted molar refractivity (Wildman–Crippen MR) is 83.6 cm³/mol. The van der Waals surface area contributed by atoms with E-state index in [1.54, 1.807) is 0 Å². The van der Waals surface area contributed by atoms with Crippen LogP contribution in [0.25, 0.3) is 0 Å². The third-order valence-corrected chi connectivity index (χ3v) is 5.80. The quantitative estimate of drug-likeness (QED) is 0.881. The number of piperidine rings is 1. The molecule has 2 aliphatic heterocycles. The molecule has 0 aromatic heterocycles. The van der Waals surface area contributed by atoms with Crippen molar-refractivity contribution >= 4 is 27.5 Å². The first-order valence-corrected chi connectivity index (χ1v) is 8.21. The van der Waals surface area contributed by atoms with Crippen molar-refractivity contribution < 1.29 is 0 Å². The van der Waals surface area contributed by atoms with Gasteiger partial charge in [0.1, 0.15) is 0 Å². The van der Waals surface area contributed by atoms with Gasteiger partial charge in [0, 0.05) is 17.6 Å². The molecule has 0 unspecified atom stereocenters. The molecule has 1 N–H and O–H groups in total. The van der Waals surface area contributed by atoms with Gasteiger partial charge in [-0.1, -0.05) is 17.7 Å². The molecule has 3 rings (SSSR count). The number of rotatable bonds is 2. The highest BCUT2D eigenvalue weighted by molar-refractivity contribution is 9.10. The highest BCUT2D eigenvalue weighted by Gasteiger charge is 2.38. The van der Waals surface area contributed by atoms with Crippen molar-refractivity contribution in [3.8, 4) is 0 Å². The van der Waals surface area contributed by atoms with Crippen LogP contribution >= 0.6 is 27.5 Å². The molecule has 0 saturated carbocycles. The third kappa shape index (κ3) is 3.15. The first kappa shape index (κ1) is 13.9. The van der Waals surface area contributed by atoms with E-state index in [0.717, 1.165) is 16.0 Å². The summed E-state index contributed by atoms with van der Waals surface area (Å²) in [5, 5.41) is 4.29. The van der Waals surface area contributed by atoms with Crippen LogP contribution in [0.1, 0.15) is 24.8 Å². The predicted octanol–water partition coefficient (Wildman–Crippen LogP) is 3.68. The van der Waals surface area contributed by atoms with Gasteiger partial charge in [-0.15, -0.1) is 0 Å². The number of nitrogens with zero attached hydrogens (tertiary/aromatic N) is 1. The standard InChI is InChI=1S/C15H20BrClN2/c16-13-2-1-12(9-14(13)17)10-19-8-5-15(11-19)3-6-18-7-4-15/h1-2,9,18H,3-8,10-11H2. The Morgan fingerprint density at radius 1 is 1.26 bits per heavy atom. The van der Waals surface area contributed by atoms with Crippen molar-refractivity contribution in [3.05, 3.63) is 33.3 Å². The molecule has 104 valence electrons. The van der Waals surface area contributed by atoms with Gasteiger partial charge in [-0.3, -0.25) is 4.90 Å². The van der Waals surface area contributed by atoms with E-state index in [0.29, 0.717) is 5.41 Å². The summed E-state index contributed by atoms with van der Waals surface area (Å²) in [7, 11) is 0. The second-order valence-electron chi connectivity index (χ2n) is 5.96. The van der Waals surface area contributed by atoms with E-state index < -0.39 is 0 Å². The first-order valence-electron chi connectivity index (χ1n) is 7.04. The summed E-state index contributed by atoms with van der Waals surface area (Å²) >= 11 is 9.61. The van der Waals surface area contributed by atoms with Gasteiger partial charge in [0.15, 0.2) is 0 Å². The molecule has 0 bridgehead atoms. The van der Waals surface area contributed by atoms with Crippen LogP contribution in [-0.4, -0.2) is 31.1 Å². The molecular weight excluding hydrogens is 324 g/mol. The number of benzene rings is 1. The lowest BCUT2D eigenvalue weighted by molar-refractivity contribution is 0.194. The molecule has 0 atom stereocenters. The van der Waals surface area contributed by atoms with Crippen LogP contribution in [0.15, 0.2) is 22.7 Å². The summed E-state index contributed by atoms with van der Waals surface area (Å²) in [6.45, 7) is 5.90. The highest BCUT2D eigenvalue weighted by atomic mass is 79.9. The molecule has 1 spiro atoms. The van der Waals surface area contributed by atoms with Crippen LogP contribution < -0.4 is 5.32 Å². The zero-order valence-electron chi connectivity index (χ0n) is 11.1. The van der Waals surface area contributed by atoms with Gasteiger partial charge in [-0.2, -0.15) is 0 Å². The number of nitrogens with one attached hydrogen (secondary N) is 1. The molecule has 2 aliphatic rings. The monoisotopic (exact) mass is 342 g/mol. The van der Waals surface area contributed by atoms with Crippen molar-refractivity contribution in [2.75, 3.05) is 26.2 Å². The molecule has 0 radical (unpaired) electrons. The third-order valence-electron chi connectivity index (χ3n) is 4.57. The maximum atomic E-state index is 6.17. The molecule has 19 heavy (non-hydrogen) atoms. The van der Waals surface area contributed by atoms with Crippen LogP contribution in [0.3, 0.4) is 0 Å². The van der Waals surface area contributed by atoms with Gasteiger partial charge >= 0.3 is 0 Å². The van der Waals surface area contributed by atoms with Crippen LogP contribution in [0, 0.1) is 5.41 Å². The van der Waals surface area contributed by atoms with Crippen LogP contribution in [0.2, 0.25) is 5.02 Å². The SMILES string of the molecule is Clc1cc(CN2CCC3(CCNCC3)C2)ccc1Br. The fraction of sp³-hybridized carbons (Fsp3) is 0.600. The summed E-state index contributed by atoms with van der Waals surface area (Å²) in [5.41, 5.74) is 1.91. The van der Waals surface area contributed by atoms with Crippen molar-refractivity contribution in [1.29, 1.82) is 0 Å². The second kappa shape index (κ2) is 5.72. The van der Waals surface area contributed by atoms with Crippen LogP contribution in [0.4, 0.5) is 0 Å². The number of halogens is 2. The first-order chi connectivity index (χ1) is 9.17. The maximum Gasteiger partial charge on any atom is 0.0551 e. The van der Waals surface area contributed by atoms with Gasteiger partial charge in [-0.05, 0) is 77.9 Å². The molecule has 0 amide bonds. The van der Waals surface area contributed by atoms with Gasteiger partial charge < -0.3 is 5.32 Å². The Morgan fingerprint density at radius 3 is 2.79 bits per heavy atom. The van der Waals surface area contributed by atoms with E-state index in [4.69, 9.17) is 11.6 Å². The lowest BCUT2D eigenvalue weighted by Gasteiger charge is -2.34. The molecule has 1 aromatic carbocycles. The Hall–Kier alpha value is -0.0900. The van der Waals surface area contributed by atoms with E-state index in [1.807, 2.05) is 6.07 Å². The Morgan fingerprint density at radius 2 is 2.05 bits per heavy atom. The van der Waals surface area contributed by atoms with Gasteiger partial charge in [-0.25, -0.2) is 0 Å². The molecule has 2 saturated heterocycles. The highest BCUT2D eigenvalue weighted by Crippen LogP contribution is 2.39. The van der Waals surface area contributed by atoms with Crippen LogP contribution in [0.5, 0.6) is 0 Å². The minimum absolute atomic E-state index is 0.588. The molecular formula is C15H20BrClN2. The van der Waals surface area contributed by atoms with E-state index in [9.17, 15) is 0 Å².